The summed E-state index contributed by atoms with van der Waals surface area (Å²) in [5.74, 6) is 0.730. The molecule has 0 bridgehead atoms. The maximum Gasteiger partial charge on any atom is 0.253 e. The van der Waals surface area contributed by atoms with Crippen LogP contribution in [0.25, 0.3) is 10.9 Å². The second kappa shape index (κ2) is 8.64. The van der Waals surface area contributed by atoms with E-state index in [1.54, 1.807) is 3.97 Å². The molecule has 4 heterocycles. The van der Waals surface area contributed by atoms with Gasteiger partial charge in [-0.2, -0.15) is 0 Å². The van der Waals surface area contributed by atoms with E-state index in [1.807, 2.05) is 23.1 Å². The number of rotatable bonds is 4. The van der Waals surface area contributed by atoms with Gasteiger partial charge >= 0.3 is 0 Å². The molecule has 1 aromatic carbocycles. The lowest BCUT2D eigenvalue weighted by molar-refractivity contribution is 0.0290. The number of carbonyl (C=O) groups excluding carboxylic acids is 1. The summed E-state index contributed by atoms with van der Waals surface area (Å²) >= 11 is 0. The lowest BCUT2D eigenvalue weighted by Gasteiger charge is -2.37. The Morgan fingerprint density at radius 3 is 2.44 bits per heavy atom. The van der Waals surface area contributed by atoms with Crippen molar-refractivity contribution >= 4 is 26.8 Å². The first-order valence-electron chi connectivity index (χ1n) is 12.9. The fourth-order valence-corrected chi connectivity index (χ4v) is 8.01. The molecule has 1 amide bonds. The minimum Gasteiger partial charge on any atom is -0.381 e. The number of nitrogens with zero attached hydrogens (tertiary/aromatic N) is 3. The van der Waals surface area contributed by atoms with Crippen LogP contribution in [0, 0.1) is 5.92 Å². The van der Waals surface area contributed by atoms with E-state index < -0.39 is 10.0 Å². The summed E-state index contributed by atoms with van der Waals surface area (Å²) in [5, 5.41) is 0.671. The number of likely N-dealkylation sites (tertiary alicyclic amines) is 1. The monoisotopic (exact) mass is 485 g/mol. The smallest absolute Gasteiger partial charge is 0.253 e. The van der Waals surface area contributed by atoms with E-state index in [9.17, 15) is 13.2 Å². The van der Waals surface area contributed by atoms with Crippen molar-refractivity contribution in [2.45, 2.75) is 69.7 Å². The maximum atomic E-state index is 13.5. The normalized spacial score (nSPS) is 23.4. The summed E-state index contributed by atoms with van der Waals surface area (Å²) in [6.07, 6.45) is 6.33. The van der Waals surface area contributed by atoms with E-state index in [1.165, 1.54) is 0 Å². The number of ether oxygens (including phenoxy) is 1. The second-order valence-electron chi connectivity index (χ2n) is 10.7. The molecule has 0 atom stereocenters. The predicted octanol–water partition coefficient (Wildman–Crippen LogP) is 3.39. The quantitative estimate of drug-likeness (QED) is 0.664. The van der Waals surface area contributed by atoms with Crippen molar-refractivity contribution in [1.29, 1.82) is 0 Å². The average molecular weight is 486 g/mol. The number of amides is 1. The second-order valence-corrected chi connectivity index (χ2v) is 12.8. The minimum atomic E-state index is -3.41. The number of benzene rings is 1. The molecule has 7 nitrogen and oxygen atoms in total. The van der Waals surface area contributed by atoms with Gasteiger partial charge in [-0.15, -0.1) is 0 Å². The molecule has 0 radical (unpaired) electrons. The molecule has 0 spiro atoms. The summed E-state index contributed by atoms with van der Waals surface area (Å²) in [4.78, 5) is 17.8. The van der Waals surface area contributed by atoms with Crippen molar-refractivity contribution in [1.82, 2.24) is 13.8 Å². The van der Waals surface area contributed by atoms with Crippen molar-refractivity contribution < 1.29 is 17.9 Å². The molecule has 3 aliphatic heterocycles. The van der Waals surface area contributed by atoms with Gasteiger partial charge < -0.3 is 9.64 Å². The Hall–Kier alpha value is -1.90. The zero-order chi connectivity index (χ0) is 23.4. The van der Waals surface area contributed by atoms with Crippen LogP contribution in [-0.2, 0) is 27.7 Å². The topological polar surface area (TPSA) is 71.9 Å². The summed E-state index contributed by atoms with van der Waals surface area (Å²) in [7, 11) is -3.41. The zero-order valence-electron chi connectivity index (χ0n) is 20.0. The summed E-state index contributed by atoms with van der Waals surface area (Å²) in [5.41, 5.74) is 3.45. The molecule has 4 aliphatic rings. The molecule has 1 aromatic heterocycles. The Morgan fingerprint density at radius 2 is 1.74 bits per heavy atom. The third-order valence-corrected chi connectivity index (χ3v) is 10.6. The Bertz CT molecular complexity index is 1200. The molecule has 2 aromatic rings. The van der Waals surface area contributed by atoms with Gasteiger partial charge in [0.05, 0.1) is 10.8 Å². The highest BCUT2D eigenvalue weighted by atomic mass is 32.2. The number of carbonyl (C=O) groups is 1. The van der Waals surface area contributed by atoms with Crippen LogP contribution in [0.2, 0.25) is 0 Å². The molecule has 0 unspecified atom stereocenters. The van der Waals surface area contributed by atoms with Crippen molar-refractivity contribution in [3.05, 3.63) is 35.0 Å². The Balaban J connectivity index is 1.41. The third-order valence-electron chi connectivity index (χ3n) is 8.36. The van der Waals surface area contributed by atoms with Gasteiger partial charge in [-0.25, -0.2) is 12.4 Å². The molecule has 3 fully saturated rings. The van der Waals surface area contributed by atoms with Crippen LogP contribution in [0.3, 0.4) is 0 Å². The third kappa shape index (κ3) is 3.88. The summed E-state index contributed by atoms with van der Waals surface area (Å²) in [6, 6.07) is 6.16. The fraction of sp³-hybridized carbons (Fsp3) is 0.654. The number of hydrogen-bond donors (Lipinski definition) is 0. The van der Waals surface area contributed by atoms with Crippen LogP contribution in [0.5, 0.6) is 0 Å². The van der Waals surface area contributed by atoms with Crippen LogP contribution in [0.4, 0.5) is 0 Å². The number of aromatic nitrogens is 1. The van der Waals surface area contributed by atoms with Crippen LogP contribution < -0.4 is 0 Å². The number of fused-ring (bicyclic) bond motifs is 3. The molecule has 1 saturated carbocycles. The first kappa shape index (κ1) is 22.6. The Kier molecular flexibility index (Phi) is 5.73. The Labute approximate surface area is 202 Å². The molecule has 6 rings (SSSR count). The molecule has 34 heavy (non-hydrogen) atoms. The number of piperidine rings is 1. The Morgan fingerprint density at radius 1 is 1.00 bits per heavy atom. The van der Waals surface area contributed by atoms with E-state index in [-0.39, 0.29) is 11.2 Å². The van der Waals surface area contributed by atoms with Crippen molar-refractivity contribution in [2.24, 2.45) is 5.92 Å². The first-order chi connectivity index (χ1) is 16.4. The lowest BCUT2D eigenvalue weighted by Crippen LogP contribution is -2.42. The molecule has 184 valence electrons. The molecule has 1 aliphatic carbocycles. The van der Waals surface area contributed by atoms with E-state index >= 15 is 0 Å². The van der Waals surface area contributed by atoms with Crippen molar-refractivity contribution in [2.75, 3.05) is 32.8 Å². The van der Waals surface area contributed by atoms with Crippen molar-refractivity contribution in [3.63, 3.8) is 0 Å². The molecular formula is C26H35N3O4S. The fourth-order valence-electron chi connectivity index (χ4n) is 6.03. The van der Waals surface area contributed by atoms with E-state index in [0.29, 0.717) is 17.5 Å². The minimum absolute atomic E-state index is 0.0671. The summed E-state index contributed by atoms with van der Waals surface area (Å²) < 4.78 is 34.2. The van der Waals surface area contributed by atoms with Gasteiger partial charge in [0.2, 0.25) is 10.0 Å². The van der Waals surface area contributed by atoms with E-state index in [2.05, 4.69) is 11.8 Å². The van der Waals surface area contributed by atoms with Gasteiger partial charge in [-0.05, 0) is 68.2 Å². The first-order valence-corrected chi connectivity index (χ1v) is 14.5. The van der Waals surface area contributed by atoms with Crippen molar-refractivity contribution in [3.8, 4) is 0 Å². The van der Waals surface area contributed by atoms with Gasteiger partial charge in [0.25, 0.3) is 5.91 Å². The highest BCUT2D eigenvalue weighted by molar-refractivity contribution is 7.91. The highest BCUT2D eigenvalue weighted by Crippen LogP contribution is 2.39. The maximum absolute atomic E-state index is 13.5. The van der Waals surface area contributed by atoms with Gasteiger partial charge in [0.1, 0.15) is 0 Å². The standard InChI is InChI=1S/C26H35N3O4S/c1-18-6-11-27(12-7-18)26(30)19-2-5-24-22(16-19)23-17-28(20-9-14-33-15-10-20)13-8-25(23)29(24)34(31,32)21-3-4-21/h2,5,16,18,20-21H,3-4,6-15,17H2,1H3. The van der Waals surface area contributed by atoms with Crippen LogP contribution in [0.1, 0.15) is 67.1 Å². The predicted molar refractivity (Wildman–Crippen MR) is 132 cm³/mol. The largest absolute Gasteiger partial charge is 0.381 e. The molecule has 0 N–H and O–H groups in total. The van der Waals surface area contributed by atoms with Gasteiger partial charge in [0, 0.05) is 68.5 Å². The van der Waals surface area contributed by atoms with Gasteiger partial charge in [0.15, 0.2) is 0 Å². The summed E-state index contributed by atoms with van der Waals surface area (Å²) in [6.45, 7) is 7.02. The molecular weight excluding hydrogens is 450 g/mol. The number of hydrogen-bond acceptors (Lipinski definition) is 5. The zero-order valence-corrected chi connectivity index (χ0v) is 20.9. The lowest BCUT2D eigenvalue weighted by atomic mass is 9.97. The van der Waals surface area contributed by atoms with Crippen LogP contribution in [-0.4, -0.2) is 72.2 Å². The SMILES string of the molecule is CC1CCN(C(=O)c2ccc3c(c2)c2c(n3S(=O)(=O)C3CC3)CCN(C3CCOCC3)C2)CC1. The van der Waals surface area contributed by atoms with Crippen LogP contribution >= 0.6 is 0 Å². The van der Waals surface area contributed by atoms with Crippen LogP contribution in [0.15, 0.2) is 18.2 Å². The van der Waals surface area contributed by atoms with E-state index in [0.717, 1.165) is 106 Å². The van der Waals surface area contributed by atoms with E-state index in [4.69, 9.17) is 4.74 Å². The van der Waals surface area contributed by atoms with Gasteiger partial charge in [-0.1, -0.05) is 6.92 Å². The highest BCUT2D eigenvalue weighted by Gasteiger charge is 2.41. The molecule has 2 saturated heterocycles. The van der Waals surface area contributed by atoms with Gasteiger partial charge in [-0.3, -0.25) is 9.69 Å². The average Bonchev–Trinajstić information content (AvgIpc) is 3.67. The molecule has 8 heteroatoms.